The first kappa shape index (κ1) is 22.8. The van der Waals surface area contributed by atoms with E-state index in [-0.39, 0.29) is 12.2 Å². The Hall–Kier alpha value is -2.50. The monoisotopic (exact) mass is 397 g/mol. The van der Waals surface area contributed by atoms with Crippen molar-refractivity contribution in [3.05, 3.63) is 71.8 Å². The molecule has 0 aliphatic heterocycles. The van der Waals surface area contributed by atoms with Crippen LogP contribution in [0.1, 0.15) is 44.2 Å². The molecule has 0 bridgehead atoms. The van der Waals surface area contributed by atoms with Gasteiger partial charge in [0.15, 0.2) is 0 Å². The summed E-state index contributed by atoms with van der Waals surface area (Å²) < 4.78 is 5.63. The number of carbonyl (C=O) groups excluding carboxylic acids is 1. The van der Waals surface area contributed by atoms with Gasteiger partial charge in [0.25, 0.3) is 0 Å². The van der Waals surface area contributed by atoms with Gasteiger partial charge in [-0.3, -0.25) is 9.59 Å². The van der Waals surface area contributed by atoms with Crippen LogP contribution in [-0.4, -0.2) is 29.5 Å². The second kappa shape index (κ2) is 11.5. The van der Waals surface area contributed by atoms with E-state index in [1.54, 1.807) is 0 Å². The largest absolute Gasteiger partial charge is 0.480 e. The molecule has 0 saturated carbocycles. The highest BCUT2D eigenvalue weighted by Gasteiger charge is 2.33. The van der Waals surface area contributed by atoms with Gasteiger partial charge in [0.2, 0.25) is 0 Å². The average Bonchev–Trinajstić information content (AvgIpc) is 2.72. The number of rotatable bonds is 13. The Morgan fingerprint density at radius 3 is 2.17 bits per heavy atom. The van der Waals surface area contributed by atoms with E-state index < -0.39 is 17.4 Å². The van der Waals surface area contributed by atoms with Crippen LogP contribution in [0.15, 0.2) is 60.7 Å². The molecule has 5 heteroatoms. The van der Waals surface area contributed by atoms with Gasteiger partial charge in [0.1, 0.15) is 11.8 Å². The SMILES string of the molecule is CC(C)(C[C@H](NCc1ccccc1)C(=O)O)C(=O)CCCOCc1ccccc1. The molecule has 29 heavy (non-hydrogen) atoms. The topological polar surface area (TPSA) is 75.6 Å². The predicted molar refractivity (Wildman–Crippen MR) is 113 cm³/mol. The van der Waals surface area contributed by atoms with Gasteiger partial charge in [0, 0.05) is 25.0 Å². The maximum absolute atomic E-state index is 12.7. The van der Waals surface area contributed by atoms with Gasteiger partial charge in [-0.15, -0.1) is 0 Å². The molecule has 2 N–H and O–H groups in total. The Bertz CT molecular complexity index is 759. The molecule has 1 atom stereocenters. The van der Waals surface area contributed by atoms with E-state index in [9.17, 15) is 14.7 Å². The van der Waals surface area contributed by atoms with E-state index in [1.807, 2.05) is 74.5 Å². The molecule has 2 aromatic carbocycles. The van der Waals surface area contributed by atoms with Gasteiger partial charge in [-0.25, -0.2) is 0 Å². The van der Waals surface area contributed by atoms with E-state index in [1.165, 1.54) is 0 Å². The quantitative estimate of drug-likeness (QED) is 0.495. The molecule has 0 aromatic heterocycles. The fourth-order valence-corrected chi connectivity index (χ4v) is 3.15. The predicted octanol–water partition coefficient (Wildman–Crippen LogP) is 4.21. The highest BCUT2D eigenvalue weighted by Crippen LogP contribution is 2.26. The second-order valence-electron chi connectivity index (χ2n) is 7.91. The Kier molecular flexibility index (Phi) is 9.03. The van der Waals surface area contributed by atoms with Crippen LogP contribution in [0.3, 0.4) is 0 Å². The zero-order valence-corrected chi connectivity index (χ0v) is 17.3. The number of hydrogen-bond acceptors (Lipinski definition) is 4. The van der Waals surface area contributed by atoms with Crippen molar-refractivity contribution in [1.29, 1.82) is 0 Å². The van der Waals surface area contributed by atoms with Crippen LogP contribution >= 0.6 is 0 Å². The van der Waals surface area contributed by atoms with Crippen molar-refractivity contribution in [2.45, 2.75) is 52.3 Å². The van der Waals surface area contributed by atoms with Crippen molar-refractivity contribution < 1.29 is 19.4 Å². The minimum Gasteiger partial charge on any atom is -0.480 e. The molecule has 2 rings (SSSR count). The summed E-state index contributed by atoms with van der Waals surface area (Å²) in [6.07, 6.45) is 1.26. The van der Waals surface area contributed by atoms with Gasteiger partial charge in [0.05, 0.1) is 6.61 Å². The summed E-state index contributed by atoms with van der Waals surface area (Å²) in [7, 11) is 0. The average molecular weight is 398 g/mol. The lowest BCUT2D eigenvalue weighted by atomic mass is 9.80. The maximum atomic E-state index is 12.7. The Balaban J connectivity index is 1.75. The minimum absolute atomic E-state index is 0.0635. The molecule has 0 radical (unpaired) electrons. The number of hydrogen-bond donors (Lipinski definition) is 2. The van der Waals surface area contributed by atoms with Crippen molar-refractivity contribution in [1.82, 2.24) is 5.32 Å². The number of carboxylic acids is 1. The number of carboxylic acid groups (broad SMARTS) is 1. The molecule has 0 amide bonds. The fourth-order valence-electron chi connectivity index (χ4n) is 3.15. The van der Waals surface area contributed by atoms with Gasteiger partial charge in [-0.1, -0.05) is 74.5 Å². The van der Waals surface area contributed by atoms with Gasteiger partial charge in [-0.05, 0) is 24.0 Å². The number of ketones is 1. The summed E-state index contributed by atoms with van der Waals surface area (Å²) in [5.41, 5.74) is 1.40. The molecule has 0 saturated heterocycles. The summed E-state index contributed by atoms with van der Waals surface area (Å²) in [6.45, 7) is 5.13. The maximum Gasteiger partial charge on any atom is 0.320 e. The van der Waals surface area contributed by atoms with Gasteiger partial charge in [-0.2, -0.15) is 0 Å². The van der Waals surface area contributed by atoms with Gasteiger partial charge >= 0.3 is 5.97 Å². The number of aliphatic carboxylic acids is 1. The molecule has 5 nitrogen and oxygen atoms in total. The van der Waals surface area contributed by atoms with Crippen LogP contribution in [0.25, 0.3) is 0 Å². The van der Waals surface area contributed by atoms with Crippen molar-refractivity contribution in [3.8, 4) is 0 Å². The normalized spacial score (nSPS) is 12.5. The molecule has 0 spiro atoms. The molecule has 0 aliphatic rings. The molecule has 156 valence electrons. The van der Waals surface area contributed by atoms with Crippen molar-refractivity contribution in [2.24, 2.45) is 5.41 Å². The highest BCUT2D eigenvalue weighted by molar-refractivity contribution is 5.85. The Morgan fingerprint density at radius 1 is 1.00 bits per heavy atom. The van der Waals surface area contributed by atoms with Crippen molar-refractivity contribution >= 4 is 11.8 Å². The van der Waals surface area contributed by atoms with E-state index in [2.05, 4.69) is 5.32 Å². The Morgan fingerprint density at radius 2 is 1.59 bits per heavy atom. The van der Waals surface area contributed by atoms with E-state index in [0.717, 1.165) is 11.1 Å². The number of ether oxygens (including phenoxy) is 1. The summed E-state index contributed by atoms with van der Waals surface area (Å²) in [5.74, 6) is -0.874. The molecular formula is C24H31NO4. The second-order valence-corrected chi connectivity index (χ2v) is 7.91. The standard InChI is InChI=1S/C24H31NO4/c1-24(2,16-21(23(27)28)25-17-19-10-5-3-6-11-19)22(26)14-9-15-29-18-20-12-7-4-8-13-20/h3-8,10-13,21,25H,9,14-18H2,1-2H3,(H,27,28)/t21-/m0/s1. The van der Waals surface area contributed by atoms with Crippen molar-refractivity contribution in [3.63, 3.8) is 0 Å². The summed E-state index contributed by atoms with van der Waals surface area (Å²) >= 11 is 0. The van der Waals surface area contributed by atoms with Crippen LogP contribution in [-0.2, 0) is 27.5 Å². The van der Waals surface area contributed by atoms with Crippen LogP contribution < -0.4 is 5.32 Å². The van der Waals surface area contributed by atoms with Crippen LogP contribution in [0, 0.1) is 5.41 Å². The number of nitrogens with one attached hydrogen (secondary N) is 1. The molecule has 0 aliphatic carbocycles. The third kappa shape index (κ3) is 8.18. The van der Waals surface area contributed by atoms with E-state index in [4.69, 9.17) is 4.74 Å². The number of benzene rings is 2. The first-order valence-corrected chi connectivity index (χ1v) is 10.0. The lowest BCUT2D eigenvalue weighted by Gasteiger charge is -2.27. The molecule has 0 fully saturated rings. The third-order valence-corrected chi connectivity index (χ3v) is 4.97. The van der Waals surface area contributed by atoms with Crippen LogP contribution in [0.5, 0.6) is 0 Å². The number of carbonyl (C=O) groups is 2. The van der Waals surface area contributed by atoms with Gasteiger partial charge < -0.3 is 15.2 Å². The zero-order valence-electron chi connectivity index (χ0n) is 17.3. The summed E-state index contributed by atoms with van der Waals surface area (Å²) in [6, 6.07) is 18.8. The minimum atomic E-state index is -0.937. The highest BCUT2D eigenvalue weighted by atomic mass is 16.5. The van der Waals surface area contributed by atoms with E-state index in [0.29, 0.717) is 32.6 Å². The summed E-state index contributed by atoms with van der Waals surface area (Å²) in [5, 5.41) is 12.6. The van der Waals surface area contributed by atoms with Crippen LogP contribution in [0.4, 0.5) is 0 Å². The molecule has 0 heterocycles. The molecule has 2 aromatic rings. The first-order valence-electron chi connectivity index (χ1n) is 10.0. The third-order valence-electron chi connectivity index (χ3n) is 4.97. The van der Waals surface area contributed by atoms with Crippen LogP contribution in [0.2, 0.25) is 0 Å². The lowest BCUT2D eigenvalue weighted by Crippen LogP contribution is -2.42. The number of Topliss-reactive ketones (excluding diaryl/α,β-unsaturated/α-hetero) is 1. The molecular weight excluding hydrogens is 366 g/mol. The van der Waals surface area contributed by atoms with Crippen molar-refractivity contribution in [2.75, 3.05) is 6.61 Å². The van der Waals surface area contributed by atoms with E-state index >= 15 is 0 Å². The summed E-state index contributed by atoms with van der Waals surface area (Å²) in [4.78, 5) is 24.3. The first-order chi connectivity index (χ1) is 13.9. The Labute approximate surface area is 173 Å². The fraction of sp³-hybridized carbons (Fsp3) is 0.417. The smallest absolute Gasteiger partial charge is 0.320 e. The lowest BCUT2D eigenvalue weighted by molar-refractivity contribution is -0.141. The molecule has 0 unspecified atom stereocenters. The zero-order chi connectivity index (χ0) is 21.1.